The van der Waals surface area contributed by atoms with Gasteiger partial charge in [-0.15, -0.1) is 0 Å². The van der Waals surface area contributed by atoms with Crippen LogP contribution in [0.5, 0.6) is 0 Å². The third kappa shape index (κ3) is 17.6. The Bertz CT molecular complexity index is 151. The molecule has 11 heavy (non-hydrogen) atoms. The largest absolute Gasteiger partial charge is 0.299 e. The van der Waals surface area contributed by atoms with Crippen LogP contribution >= 0.6 is 0 Å². The Balaban J connectivity index is 0. The Hall–Kier alpha value is -0.810. The molecule has 0 radical (unpaired) electrons. The Labute approximate surface area is 69.6 Å². The van der Waals surface area contributed by atoms with Crippen molar-refractivity contribution < 1.29 is 4.79 Å². The molecule has 2 nitrogen and oxygen atoms in total. The van der Waals surface area contributed by atoms with E-state index in [-0.39, 0.29) is 5.78 Å². The highest BCUT2D eigenvalue weighted by atomic mass is 16.1. The lowest BCUT2D eigenvalue weighted by atomic mass is 10.4. The first-order chi connectivity index (χ1) is 5.13. The lowest BCUT2D eigenvalue weighted by Crippen LogP contribution is -2.11. The summed E-state index contributed by atoms with van der Waals surface area (Å²) in [5.74, 6) is 5.08. The average Bonchev–Trinajstić information content (AvgIpc) is 1.90. The predicted octanol–water partition coefficient (Wildman–Crippen LogP) is 1.17. The fraction of sp³-hybridized carbons (Fsp3) is 0.667. The van der Waals surface area contributed by atoms with Crippen molar-refractivity contribution in [1.29, 1.82) is 0 Å². The van der Waals surface area contributed by atoms with E-state index in [1.165, 1.54) is 6.92 Å². The molecule has 0 aromatic carbocycles. The molecule has 0 aromatic heterocycles. The van der Waals surface area contributed by atoms with E-state index >= 15 is 0 Å². The third-order valence-corrected chi connectivity index (χ3v) is 0.660. The van der Waals surface area contributed by atoms with Gasteiger partial charge in [0.05, 0.1) is 6.54 Å². The maximum Gasteiger partial charge on any atom is 0.202 e. The lowest BCUT2D eigenvalue weighted by molar-refractivity contribution is -0.111. The van der Waals surface area contributed by atoms with Crippen molar-refractivity contribution in [2.24, 2.45) is 0 Å². The topological polar surface area (TPSA) is 20.3 Å². The maximum atomic E-state index is 10.2. The Kier molecular flexibility index (Phi) is 10.7. The predicted molar refractivity (Wildman–Crippen MR) is 48.4 cm³/mol. The zero-order valence-corrected chi connectivity index (χ0v) is 8.06. The molecule has 0 saturated heterocycles. The molecule has 2 heteroatoms. The molecule has 0 aromatic rings. The molecule has 0 unspecified atom stereocenters. The highest BCUT2D eigenvalue weighted by molar-refractivity contribution is 5.93. The van der Waals surface area contributed by atoms with Gasteiger partial charge >= 0.3 is 0 Å². The summed E-state index contributed by atoms with van der Waals surface area (Å²) in [5.41, 5.74) is 0. The molecule has 0 atom stereocenters. The van der Waals surface area contributed by atoms with Crippen LogP contribution in [-0.2, 0) is 4.79 Å². The molecule has 64 valence electrons. The quantitative estimate of drug-likeness (QED) is 0.418. The van der Waals surface area contributed by atoms with Crippen LogP contribution in [0, 0.1) is 11.8 Å². The van der Waals surface area contributed by atoms with Gasteiger partial charge in [0, 0.05) is 6.92 Å². The van der Waals surface area contributed by atoms with Gasteiger partial charge in [0.1, 0.15) is 0 Å². The summed E-state index contributed by atoms with van der Waals surface area (Å²) in [6.07, 6.45) is 0. The van der Waals surface area contributed by atoms with Gasteiger partial charge in [-0.25, -0.2) is 0 Å². The molecular formula is C9H17NO. The molecule has 0 fully saturated rings. The highest BCUT2D eigenvalue weighted by Crippen LogP contribution is 1.69. The van der Waals surface area contributed by atoms with Crippen molar-refractivity contribution in [2.45, 2.75) is 20.8 Å². The molecule has 0 amide bonds. The van der Waals surface area contributed by atoms with E-state index in [0.29, 0.717) is 6.54 Å². The minimum absolute atomic E-state index is 0.0724. The van der Waals surface area contributed by atoms with E-state index in [1.54, 1.807) is 0 Å². The summed E-state index contributed by atoms with van der Waals surface area (Å²) in [5, 5.41) is 0. The number of carbonyl (C=O) groups is 1. The summed E-state index contributed by atoms with van der Waals surface area (Å²) in [6, 6.07) is 0. The van der Waals surface area contributed by atoms with Gasteiger partial charge in [0.15, 0.2) is 0 Å². The zero-order valence-electron chi connectivity index (χ0n) is 8.06. The Morgan fingerprint density at radius 1 is 1.36 bits per heavy atom. The van der Waals surface area contributed by atoms with Crippen molar-refractivity contribution >= 4 is 5.78 Å². The van der Waals surface area contributed by atoms with Gasteiger partial charge in [-0.2, -0.15) is 0 Å². The van der Waals surface area contributed by atoms with Crippen LogP contribution in [0.3, 0.4) is 0 Å². The maximum absolute atomic E-state index is 10.2. The van der Waals surface area contributed by atoms with Crippen molar-refractivity contribution in [3.8, 4) is 11.8 Å². The number of hydrogen-bond donors (Lipinski definition) is 0. The van der Waals surface area contributed by atoms with Crippen molar-refractivity contribution in [3.63, 3.8) is 0 Å². The minimum atomic E-state index is -0.0724. The van der Waals surface area contributed by atoms with Crippen LogP contribution in [0.25, 0.3) is 0 Å². The van der Waals surface area contributed by atoms with Gasteiger partial charge in [-0.05, 0) is 20.0 Å². The number of ketones is 1. The van der Waals surface area contributed by atoms with Gasteiger partial charge in [-0.3, -0.25) is 9.69 Å². The smallest absolute Gasteiger partial charge is 0.202 e. The molecule has 0 rings (SSSR count). The summed E-state index contributed by atoms with van der Waals surface area (Å²) in [6.45, 7) is 6.11. The molecule has 0 bridgehead atoms. The van der Waals surface area contributed by atoms with E-state index in [4.69, 9.17) is 0 Å². The standard InChI is InChI=1S/C7H11NO.C2H6/c1-7(9)5-4-6-8(2)3;1-2/h6H2,1-3H3;1-2H3. The zero-order chi connectivity index (χ0) is 9.28. The number of carbonyl (C=O) groups excluding carboxylic acids is 1. The third-order valence-electron chi connectivity index (χ3n) is 0.660. The fourth-order valence-electron chi connectivity index (χ4n) is 0.322. The number of Topliss-reactive ketones (excluding diaryl/α,β-unsaturated/α-hetero) is 1. The van der Waals surface area contributed by atoms with Crippen LogP contribution in [0.2, 0.25) is 0 Å². The Morgan fingerprint density at radius 2 is 1.82 bits per heavy atom. The molecule has 0 N–H and O–H groups in total. The van der Waals surface area contributed by atoms with Gasteiger partial charge in [0.2, 0.25) is 5.78 Å². The summed E-state index contributed by atoms with van der Waals surface area (Å²) in [7, 11) is 3.82. The highest BCUT2D eigenvalue weighted by Gasteiger charge is 1.81. The monoisotopic (exact) mass is 155 g/mol. The fourth-order valence-corrected chi connectivity index (χ4v) is 0.322. The van der Waals surface area contributed by atoms with E-state index in [2.05, 4.69) is 11.8 Å². The van der Waals surface area contributed by atoms with Crippen LogP contribution in [-0.4, -0.2) is 31.3 Å². The SMILES string of the molecule is CC.CC(=O)C#CCN(C)C. The van der Waals surface area contributed by atoms with Crippen molar-refractivity contribution in [1.82, 2.24) is 4.90 Å². The van der Waals surface area contributed by atoms with Crippen LogP contribution < -0.4 is 0 Å². The molecule has 0 aliphatic rings. The Morgan fingerprint density at radius 3 is 2.09 bits per heavy atom. The molecule has 0 heterocycles. The van der Waals surface area contributed by atoms with E-state index in [0.717, 1.165) is 0 Å². The second kappa shape index (κ2) is 9.19. The molecule has 0 aliphatic carbocycles. The second-order valence-corrected chi connectivity index (χ2v) is 2.10. The lowest BCUT2D eigenvalue weighted by Gasteiger charge is -2.00. The van der Waals surface area contributed by atoms with Gasteiger partial charge < -0.3 is 0 Å². The summed E-state index contributed by atoms with van der Waals surface area (Å²) >= 11 is 0. The first-order valence-corrected chi connectivity index (χ1v) is 3.77. The summed E-state index contributed by atoms with van der Waals surface area (Å²) < 4.78 is 0. The molecule has 0 saturated carbocycles. The van der Waals surface area contributed by atoms with E-state index < -0.39 is 0 Å². The van der Waals surface area contributed by atoms with Crippen molar-refractivity contribution in [3.05, 3.63) is 0 Å². The average molecular weight is 155 g/mol. The second-order valence-electron chi connectivity index (χ2n) is 2.10. The van der Waals surface area contributed by atoms with Crippen LogP contribution in [0.4, 0.5) is 0 Å². The van der Waals surface area contributed by atoms with Gasteiger partial charge in [-0.1, -0.05) is 19.8 Å². The first-order valence-electron chi connectivity index (χ1n) is 3.77. The molecule has 0 aliphatic heterocycles. The molecule has 0 spiro atoms. The molecular weight excluding hydrogens is 138 g/mol. The number of nitrogens with zero attached hydrogens (tertiary/aromatic N) is 1. The number of hydrogen-bond acceptors (Lipinski definition) is 2. The summed E-state index contributed by atoms with van der Waals surface area (Å²) in [4.78, 5) is 12.1. The normalized spacial score (nSPS) is 7.45. The van der Waals surface area contributed by atoms with E-state index in [1.807, 2.05) is 32.8 Å². The number of rotatable bonds is 1. The van der Waals surface area contributed by atoms with Gasteiger partial charge in [0.25, 0.3) is 0 Å². The van der Waals surface area contributed by atoms with E-state index in [9.17, 15) is 4.79 Å². The minimum Gasteiger partial charge on any atom is -0.299 e. The first kappa shape index (κ1) is 12.8. The van der Waals surface area contributed by atoms with Crippen LogP contribution in [0.1, 0.15) is 20.8 Å². The van der Waals surface area contributed by atoms with Crippen LogP contribution in [0.15, 0.2) is 0 Å². The van der Waals surface area contributed by atoms with Crippen molar-refractivity contribution in [2.75, 3.05) is 20.6 Å².